The van der Waals surface area contributed by atoms with Gasteiger partial charge in [-0.25, -0.2) is 0 Å². The SMILES string of the molecule is CCCCCCCCCCCCCCCCCOC(=O)CCCC(=O)OCC(Cl)Cl. The lowest BCUT2D eigenvalue weighted by Crippen LogP contribution is -2.11. The van der Waals surface area contributed by atoms with E-state index < -0.39 is 10.8 Å². The first kappa shape index (κ1) is 29.5. The van der Waals surface area contributed by atoms with Crippen LogP contribution in [0.2, 0.25) is 0 Å². The third-order valence-corrected chi connectivity index (χ3v) is 5.40. The van der Waals surface area contributed by atoms with Gasteiger partial charge in [-0.3, -0.25) is 9.59 Å². The molecular formula is C24H44Cl2O4. The summed E-state index contributed by atoms with van der Waals surface area (Å²) in [7, 11) is 0. The molecule has 0 aromatic rings. The summed E-state index contributed by atoms with van der Waals surface area (Å²) in [6, 6.07) is 0. The van der Waals surface area contributed by atoms with Crippen molar-refractivity contribution in [3.8, 4) is 0 Å². The molecule has 0 amide bonds. The van der Waals surface area contributed by atoms with Crippen LogP contribution in [-0.2, 0) is 19.1 Å². The Balaban J connectivity index is 3.23. The Morgan fingerprint density at radius 2 is 1.00 bits per heavy atom. The third kappa shape index (κ3) is 23.8. The van der Waals surface area contributed by atoms with Crippen molar-refractivity contribution in [2.75, 3.05) is 13.2 Å². The monoisotopic (exact) mass is 466 g/mol. The molecule has 30 heavy (non-hydrogen) atoms. The number of rotatable bonds is 22. The molecule has 178 valence electrons. The second-order valence-corrected chi connectivity index (χ2v) is 9.37. The first-order valence-electron chi connectivity index (χ1n) is 12.2. The first-order chi connectivity index (χ1) is 14.6. The van der Waals surface area contributed by atoms with Gasteiger partial charge in [0.1, 0.15) is 11.4 Å². The van der Waals surface area contributed by atoms with E-state index in [0.29, 0.717) is 13.0 Å². The van der Waals surface area contributed by atoms with Gasteiger partial charge in [-0.15, -0.1) is 23.2 Å². The number of ether oxygens (including phenoxy) is 2. The summed E-state index contributed by atoms with van der Waals surface area (Å²) >= 11 is 11.0. The molecule has 0 aliphatic carbocycles. The molecular weight excluding hydrogens is 423 g/mol. The molecule has 4 nitrogen and oxygen atoms in total. The van der Waals surface area contributed by atoms with E-state index in [0.717, 1.165) is 12.8 Å². The second-order valence-electron chi connectivity index (χ2n) is 8.10. The topological polar surface area (TPSA) is 52.6 Å². The largest absolute Gasteiger partial charge is 0.466 e. The van der Waals surface area contributed by atoms with E-state index in [9.17, 15) is 9.59 Å². The molecule has 0 aromatic heterocycles. The number of esters is 2. The number of hydrogen-bond acceptors (Lipinski definition) is 4. The maximum atomic E-state index is 11.6. The molecule has 0 saturated heterocycles. The number of unbranched alkanes of at least 4 members (excludes halogenated alkanes) is 14. The fraction of sp³-hybridized carbons (Fsp3) is 0.917. The van der Waals surface area contributed by atoms with E-state index in [-0.39, 0.29) is 25.4 Å². The molecule has 0 unspecified atom stereocenters. The average molecular weight is 468 g/mol. The minimum atomic E-state index is -0.714. The lowest BCUT2D eigenvalue weighted by molar-refractivity contribution is -0.145. The van der Waals surface area contributed by atoms with E-state index in [4.69, 9.17) is 32.7 Å². The quantitative estimate of drug-likeness (QED) is 0.0922. The Labute approximate surface area is 194 Å². The van der Waals surface area contributed by atoms with Gasteiger partial charge < -0.3 is 9.47 Å². The predicted molar refractivity (Wildman–Crippen MR) is 126 cm³/mol. The van der Waals surface area contributed by atoms with Crippen molar-refractivity contribution >= 4 is 35.1 Å². The highest BCUT2D eigenvalue weighted by molar-refractivity contribution is 6.44. The zero-order valence-corrected chi connectivity index (χ0v) is 20.6. The van der Waals surface area contributed by atoms with Crippen LogP contribution in [0.1, 0.15) is 122 Å². The van der Waals surface area contributed by atoms with Crippen LogP contribution in [0.5, 0.6) is 0 Å². The summed E-state index contributed by atoms with van der Waals surface area (Å²) < 4.78 is 10.0. The van der Waals surface area contributed by atoms with Crippen LogP contribution in [0.25, 0.3) is 0 Å². The van der Waals surface area contributed by atoms with E-state index in [1.807, 2.05) is 0 Å². The summed E-state index contributed by atoms with van der Waals surface area (Å²) in [5, 5.41) is 0. The van der Waals surface area contributed by atoms with Gasteiger partial charge in [-0.05, 0) is 12.8 Å². The molecule has 0 bridgehead atoms. The Kier molecular flexibility index (Phi) is 22.8. The smallest absolute Gasteiger partial charge is 0.305 e. The Morgan fingerprint density at radius 1 is 0.600 bits per heavy atom. The Bertz CT molecular complexity index is 403. The third-order valence-electron chi connectivity index (χ3n) is 5.14. The molecule has 0 aliphatic rings. The zero-order valence-electron chi connectivity index (χ0n) is 19.1. The highest BCUT2D eigenvalue weighted by Gasteiger charge is 2.09. The number of carbonyl (C=O) groups excluding carboxylic acids is 2. The van der Waals surface area contributed by atoms with Crippen molar-refractivity contribution < 1.29 is 19.1 Å². The average Bonchev–Trinajstić information content (AvgIpc) is 2.72. The van der Waals surface area contributed by atoms with Gasteiger partial charge in [-0.1, -0.05) is 96.8 Å². The van der Waals surface area contributed by atoms with E-state index in [1.165, 1.54) is 83.5 Å². The molecule has 0 atom stereocenters. The lowest BCUT2D eigenvalue weighted by Gasteiger charge is -2.06. The number of alkyl halides is 2. The van der Waals surface area contributed by atoms with Crippen LogP contribution in [0.15, 0.2) is 0 Å². The molecule has 0 spiro atoms. The highest BCUT2D eigenvalue weighted by atomic mass is 35.5. The van der Waals surface area contributed by atoms with Gasteiger partial charge in [0.05, 0.1) is 6.61 Å². The Hall–Kier alpha value is -0.480. The minimum Gasteiger partial charge on any atom is -0.466 e. The molecule has 0 radical (unpaired) electrons. The standard InChI is InChI=1S/C24H44Cl2O4/c1-2-3-4-5-6-7-8-9-10-11-12-13-14-15-16-20-29-23(27)18-17-19-24(28)30-21-22(25)26/h22H,2-21H2,1H3. The molecule has 0 fully saturated rings. The summed E-state index contributed by atoms with van der Waals surface area (Å²) in [5.41, 5.74) is 0. The molecule has 0 aromatic carbocycles. The van der Waals surface area contributed by atoms with Gasteiger partial charge in [0.15, 0.2) is 0 Å². The van der Waals surface area contributed by atoms with Crippen molar-refractivity contribution in [1.29, 1.82) is 0 Å². The number of halogens is 2. The van der Waals surface area contributed by atoms with Crippen molar-refractivity contribution in [3.63, 3.8) is 0 Å². The van der Waals surface area contributed by atoms with E-state index in [1.54, 1.807) is 0 Å². The summed E-state index contributed by atoms with van der Waals surface area (Å²) in [6.07, 6.45) is 20.6. The minimum absolute atomic E-state index is 0.0222. The molecule has 6 heteroatoms. The van der Waals surface area contributed by atoms with Crippen molar-refractivity contribution in [2.45, 2.75) is 127 Å². The fourth-order valence-corrected chi connectivity index (χ4v) is 3.46. The fourth-order valence-electron chi connectivity index (χ4n) is 3.34. The lowest BCUT2D eigenvalue weighted by atomic mass is 10.0. The molecule has 0 rings (SSSR count). The van der Waals surface area contributed by atoms with Gasteiger partial charge >= 0.3 is 11.9 Å². The second kappa shape index (κ2) is 23.2. The van der Waals surface area contributed by atoms with E-state index >= 15 is 0 Å². The van der Waals surface area contributed by atoms with Crippen molar-refractivity contribution in [2.24, 2.45) is 0 Å². The van der Waals surface area contributed by atoms with Gasteiger partial charge in [0.2, 0.25) is 0 Å². The van der Waals surface area contributed by atoms with Crippen LogP contribution in [0.3, 0.4) is 0 Å². The van der Waals surface area contributed by atoms with Crippen LogP contribution >= 0.6 is 23.2 Å². The summed E-state index contributed by atoms with van der Waals surface area (Å²) in [5.74, 6) is -0.641. The Morgan fingerprint density at radius 3 is 1.43 bits per heavy atom. The summed E-state index contributed by atoms with van der Waals surface area (Å²) in [6.45, 7) is 2.72. The van der Waals surface area contributed by atoms with Crippen LogP contribution in [0.4, 0.5) is 0 Å². The van der Waals surface area contributed by atoms with E-state index in [2.05, 4.69) is 6.92 Å². The molecule has 0 saturated carbocycles. The van der Waals surface area contributed by atoms with Gasteiger partial charge in [-0.2, -0.15) is 0 Å². The maximum absolute atomic E-state index is 11.6. The molecule has 0 aliphatic heterocycles. The molecule has 0 heterocycles. The summed E-state index contributed by atoms with van der Waals surface area (Å²) in [4.78, 5) is 22.3. The normalized spacial score (nSPS) is 11.1. The van der Waals surface area contributed by atoms with Crippen LogP contribution in [0, 0.1) is 0 Å². The number of hydrogen-bond donors (Lipinski definition) is 0. The van der Waals surface area contributed by atoms with Crippen molar-refractivity contribution in [3.05, 3.63) is 0 Å². The molecule has 0 N–H and O–H groups in total. The van der Waals surface area contributed by atoms with Gasteiger partial charge in [0, 0.05) is 12.8 Å². The number of carbonyl (C=O) groups is 2. The highest BCUT2D eigenvalue weighted by Crippen LogP contribution is 2.13. The maximum Gasteiger partial charge on any atom is 0.305 e. The van der Waals surface area contributed by atoms with Crippen LogP contribution < -0.4 is 0 Å². The van der Waals surface area contributed by atoms with Crippen LogP contribution in [-0.4, -0.2) is 30.0 Å². The zero-order chi connectivity index (χ0) is 22.3. The van der Waals surface area contributed by atoms with Crippen molar-refractivity contribution in [1.82, 2.24) is 0 Å². The van der Waals surface area contributed by atoms with Gasteiger partial charge in [0.25, 0.3) is 0 Å². The first-order valence-corrected chi connectivity index (χ1v) is 13.0. The predicted octanol–water partition coefficient (Wildman–Crippen LogP) is 7.92.